The Morgan fingerprint density at radius 2 is 1.50 bits per heavy atom. The number of ether oxygens (including phenoxy) is 1. The number of Topliss-reactive ketones (excluding diaryl/α,β-unsaturated/α-hetero) is 2. The lowest BCUT2D eigenvalue weighted by Crippen LogP contribution is -2.29. The maximum Gasteiger partial charge on any atom is 0.471 e. The van der Waals surface area contributed by atoms with E-state index in [4.69, 9.17) is 5.73 Å². The van der Waals surface area contributed by atoms with E-state index in [1.54, 1.807) is 12.2 Å². The van der Waals surface area contributed by atoms with Crippen LogP contribution in [0.15, 0.2) is 33.8 Å². The van der Waals surface area contributed by atoms with Gasteiger partial charge in [-0.1, -0.05) is 10.3 Å². The van der Waals surface area contributed by atoms with Crippen molar-refractivity contribution in [1.82, 2.24) is 35.1 Å². The Bertz CT molecular complexity index is 1760. The van der Waals surface area contributed by atoms with Crippen LogP contribution >= 0.6 is 0 Å². The van der Waals surface area contributed by atoms with E-state index in [1.807, 2.05) is 4.98 Å². The predicted octanol–water partition coefficient (Wildman–Crippen LogP) is 5.53. The van der Waals surface area contributed by atoms with Crippen LogP contribution in [-0.2, 0) is 28.4 Å². The average molecular weight is 764 g/mol. The summed E-state index contributed by atoms with van der Waals surface area (Å²) < 4.78 is 123. The molecule has 4 rings (SSSR count). The fourth-order valence-electron chi connectivity index (χ4n) is 3.06. The molecule has 5 N–H and O–H groups in total. The normalized spacial score (nSPS) is 11.1. The van der Waals surface area contributed by atoms with Gasteiger partial charge in [0.05, 0.1) is 31.4 Å². The first-order chi connectivity index (χ1) is 23.9. The number of ketones is 2. The third-order valence-corrected chi connectivity index (χ3v) is 5.69. The van der Waals surface area contributed by atoms with E-state index in [-0.39, 0.29) is 42.3 Å². The molecule has 4 heterocycles. The van der Waals surface area contributed by atoms with Gasteiger partial charge in [0.1, 0.15) is 17.1 Å². The number of hydrogen-bond donors (Lipinski definition) is 4. The number of alkyl halides is 9. The van der Waals surface area contributed by atoms with E-state index in [0.29, 0.717) is 11.4 Å². The highest BCUT2D eigenvalue weighted by molar-refractivity contribution is 5.95. The smallest absolute Gasteiger partial charge is 0.453 e. The number of H-pyrrole nitrogens is 1. The van der Waals surface area contributed by atoms with Crippen LogP contribution in [0.5, 0.6) is 0 Å². The Hall–Kier alpha value is -5.91. The van der Waals surface area contributed by atoms with Gasteiger partial charge >= 0.3 is 30.5 Å². The molecular weight excluding hydrogens is 733 g/mol. The van der Waals surface area contributed by atoms with Gasteiger partial charge in [-0.25, -0.2) is 14.8 Å². The largest absolute Gasteiger partial charge is 0.471 e. The van der Waals surface area contributed by atoms with Gasteiger partial charge in [0, 0.05) is 33.1 Å². The maximum atomic E-state index is 12.7. The van der Waals surface area contributed by atoms with Crippen LogP contribution in [0.25, 0.3) is 0 Å². The second-order valence-electron chi connectivity index (χ2n) is 9.75. The molecule has 0 saturated carbocycles. The molecular formula is C27H30F9N9O7. The second kappa shape index (κ2) is 18.9. The molecule has 0 aliphatic heterocycles. The zero-order chi connectivity index (χ0) is 40.0. The number of nitrogens with two attached hydrogens (primary N) is 1. The van der Waals surface area contributed by atoms with E-state index in [1.165, 1.54) is 20.2 Å². The Morgan fingerprint density at radius 3 is 1.87 bits per heavy atom. The molecule has 16 nitrogen and oxygen atoms in total. The number of amides is 2. The molecule has 0 fully saturated rings. The van der Waals surface area contributed by atoms with Crippen LogP contribution in [0.2, 0.25) is 0 Å². The van der Waals surface area contributed by atoms with Gasteiger partial charge in [-0.2, -0.15) is 39.5 Å². The number of aromatic nitrogens is 6. The summed E-state index contributed by atoms with van der Waals surface area (Å²) in [7, 11) is 1.19. The van der Waals surface area contributed by atoms with Crippen molar-refractivity contribution in [2.75, 3.05) is 24.7 Å². The minimum Gasteiger partial charge on any atom is -0.453 e. The van der Waals surface area contributed by atoms with Crippen molar-refractivity contribution >= 4 is 34.9 Å². The van der Waals surface area contributed by atoms with Gasteiger partial charge in [0.15, 0.2) is 23.1 Å². The number of rotatable bonds is 7. The number of hydrogen-bond acceptors (Lipinski definition) is 12. The van der Waals surface area contributed by atoms with Gasteiger partial charge < -0.3 is 39.7 Å². The average Bonchev–Trinajstić information content (AvgIpc) is 3.84. The molecule has 288 valence electrons. The number of nitrogens with zero attached hydrogens (tertiary/aromatic N) is 5. The summed E-state index contributed by atoms with van der Waals surface area (Å²) in [5.74, 6) is -4.52. The summed E-state index contributed by atoms with van der Waals surface area (Å²) in [5, 5.41) is 10.6. The Morgan fingerprint density at radius 1 is 0.904 bits per heavy atom. The summed E-state index contributed by atoms with van der Waals surface area (Å²) in [6.07, 6.45) is -10.1. The lowest BCUT2D eigenvalue weighted by atomic mass is 10.3. The number of carbonyl (C=O) groups is 4. The summed E-state index contributed by atoms with van der Waals surface area (Å²) >= 11 is 0. The summed E-state index contributed by atoms with van der Waals surface area (Å²) in [6, 6.07) is 0. The zero-order valence-corrected chi connectivity index (χ0v) is 27.5. The molecule has 0 aliphatic carbocycles. The number of nitrogen functional groups attached to an aromatic ring is 1. The zero-order valence-electron chi connectivity index (χ0n) is 27.5. The molecule has 0 aliphatic rings. The molecule has 0 spiro atoms. The minimum absolute atomic E-state index is 0.0287. The first-order valence-corrected chi connectivity index (χ1v) is 13.9. The molecule has 4 aromatic rings. The fraction of sp³-hybridized carbons (Fsp3) is 0.407. The molecule has 4 aromatic heterocycles. The van der Waals surface area contributed by atoms with Crippen molar-refractivity contribution in [1.29, 1.82) is 0 Å². The van der Waals surface area contributed by atoms with Gasteiger partial charge in [-0.3, -0.25) is 14.4 Å². The van der Waals surface area contributed by atoms with Crippen molar-refractivity contribution in [3.8, 4) is 0 Å². The van der Waals surface area contributed by atoms with Crippen LogP contribution in [0.1, 0.15) is 64.4 Å². The van der Waals surface area contributed by atoms with Crippen molar-refractivity contribution in [2.24, 2.45) is 0 Å². The predicted molar refractivity (Wildman–Crippen MR) is 157 cm³/mol. The lowest BCUT2D eigenvalue weighted by molar-refractivity contribution is -0.167. The summed E-state index contributed by atoms with van der Waals surface area (Å²) in [5.41, 5.74) is 5.44. The second-order valence-corrected chi connectivity index (χ2v) is 9.75. The number of carbonyl (C=O) groups excluding carboxylic acids is 4. The quantitative estimate of drug-likeness (QED) is 0.104. The molecule has 2 amide bonds. The number of imidazole rings is 2. The number of anilines is 2. The first kappa shape index (κ1) is 44.1. The summed E-state index contributed by atoms with van der Waals surface area (Å²) in [6.45, 7) is 5.58. The van der Waals surface area contributed by atoms with Gasteiger partial charge in [-0.05, 0) is 20.3 Å². The lowest BCUT2D eigenvalue weighted by Gasteiger charge is -2.10. The van der Waals surface area contributed by atoms with Gasteiger partial charge in [0.25, 0.3) is 0 Å². The topological polar surface area (TPSA) is 226 Å². The molecule has 0 aromatic carbocycles. The highest BCUT2D eigenvalue weighted by Gasteiger charge is 2.39. The van der Waals surface area contributed by atoms with Crippen molar-refractivity contribution in [3.63, 3.8) is 0 Å². The molecule has 25 heteroatoms. The van der Waals surface area contributed by atoms with Crippen molar-refractivity contribution in [2.45, 2.75) is 59.2 Å². The molecule has 0 unspecified atom stereocenters. The highest BCUT2D eigenvalue weighted by Crippen LogP contribution is 2.29. The van der Waals surface area contributed by atoms with E-state index >= 15 is 0 Å². The number of methoxy groups -OCH3 is 1. The SMILES string of the molecule is CC(=O)c1cnc(C(F)(F)F)[nH]1.COC(=O)NCCCn1cc(C(C)=O)nc1C(F)(F)F.Cc1oncc1N.Cc1oncc1NC(=O)C(F)(F)F. The third-order valence-electron chi connectivity index (χ3n) is 5.69. The molecule has 0 atom stereocenters. The summed E-state index contributed by atoms with van der Waals surface area (Å²) in [4.78, 5) is 50.9. The highest BCUT2D eigenvalue weighted by atomic mass is 19.4. The monoisotopic (exact) mass is 763 g/mol. The van der Waals surface area contributed by atoms with E-state index in [9.17, 15) is 58.7 Å². The van der Waals surface area contributed by atoms with Crippen molar-refractivity contribution in [3.05, 3.63) is 59.3 Å². The van der Waals surface area contributed by atoms with Crippen LogP contribution in [0, 0.1) is 13.8 Å². The van der Waals surface area contributed by atoms with Crippen molar-refractivity contribution < 1.29 is 72.5 Å². The third kappa shape index (κ3) is 14.9. The number of aromatic amines is 1. The molecule has 0 radical (unpaired) electrons. The van der Waals surface area contributed by atoms with Crippen LogP contribution in [-0.4, -0.2) is 73.2 Å². The molecule has 0 saturated heterocycles. The maximum absolute atomic E-state index is 12.7. The minimum atomic E-state index is -4.90. The van der Waals surface area contributed by atoms with E-state index in [0.717, 1.165) is 37.0 Å². The van der Waals surface area contributed by atoms with Crippen LogP contribution in [0.4, 0.5) is 55.7 Å². The van der Waals surface area contributed by atoms with Gasteiger partial charge in [-0.15, -0.1) is 0 Å². The number of halogens is 9. The van der Waals surface area contributed by atoms with Gasteiger partial charge in [0.2, 0.25) is 11.6 Å². The Balaban J connectivity index is 0.000000368. The molecule has 0 bridgehead atoms. The number of nitrogens with one attached hydrogen (secondary N) is 3. The molecule has 52 heavy (non-hydrogen) atoms. The van der Waals surface area contributed by atoms with E-state index < -0.39 is 53.7 Å². The fourth-order valence-corrected chi connectivity index (χ4v) is 3.06. The Kier molecular flexibility index (Phi) is 16.0. The number of alkyl carbamates (subject to hydrolysis) is 1. The Labute approximate surface area is 286 Å². The van der Waals surface area contributed by atoms with E-state index in [2.05, 4.69) is 39.4 Å². The van der Waals surface area contributed by atoms with Crippen LogP contribution in [0.3, 0.4) is 0 Å². The standard InChI is InChI=1S/C11H14F3N3O3.C6H5F3N2O2.C6H5F3N2O.C4H6N2O/c1-7(18)8-6-17(9(16-8)11(12,13)14)5-3-4-15-10(19)20-2;1-3-4(2-10-13-3)11-5(12)6(7,8)9;1-3(12)4-2-10-5(11-4)6(7,8)9;1-3-4(5)2-6-7-3/h6H,3-5H2,1-2H3,(H,15,19);2H,1H3,(H,11,12);2H,1H3,(H,10,11);2H,5H2,1H3. The first-order valence-electron chi connectivity index (χ1n) is 13.9. The number of aryl methyl sites for hydroxylation is 3. The van der Waals surface area contributed by atoms with Crippen LogP contribution < -0.4 is 16.4 Å².